The Morgan fingerprint density at radius 1 is 0.894 bits per heavy atom. The molecule has 0 bridgehead atoms. The third-order valence-corrected chi connectivity index (χ3v) is 10.2. The number of fused-ring (bicyclic) bond motifs is 1. The highest BCUT2D eigenvalue weighted by molar-refractivity contribution is 6.37. The summed E-state index contributed by atoms with van der Waals surface area (Å²) in [5, 5.41) is 11.2. The second-order valence-electron chi connectivity index (χ2n) is 14.9. The van der Waals surface area contributed by atoms with Crippen molar-refractivity contribution in [1.82, 2.24) is 31.2 Å². The van der Waals surface area contributed by atoms with Crippen molar-refractivity contribution in [2.75, 3.05) is 6.54 Å². The molecule has 1 aromatic heterocycles. The minimum atomic E-state index is -0.977. The molecular weight excluding hydrogens is 600 g/mol. The van der Waals surface area contributed by atoms with Gasteiger partial charge in [0.2, 0.25) is 23.5 Å². The van der Waals surface area contributed by atoms with E-state index in [1.54, 1.807) is 23.1 Å². The second kappa shape index (κ2) is 14.9. The quantitative estimate of drug-likeness (QED) is 0.267. The molecule has 5 rings (SSSR count). The van der Waals surface area contributed by atoms with Gasteiger partial charge in [-0.25, -0.2) is 0 Å². The van der Waals surface area contributed by atoms with Crippen molar-refractivity contribution in [3.05, 3.63) is 30.1 Å². The fraction of sp³-hybridized carbons (Fsp3) is 0.686. The molecule has 0 spiro atoms. The molecule has 1 saturated heterocycles. The third-order valence-electron chi connectivity index (χ3n) is 10.2. The number of rotatable bonds is 11. The van der Waals surface area contributed by atoms with Gasteiger partial charge < -0.3 is 26.2 Å². The first kappa shape index (κ1) is 34.5. The van der Waals surface area contributed by atoms with Crippen LogP contribution in [0.4, 0.5) is 0 Å². The summed E-state index contributed by atoms with van der Waals surface area (Å²) in [6.07, 6.45) is 11.8. The number of hydrogen-bond acceptors (Lipinski definition) is 7. The van der Waals surface area contributed by atoms with Crippen molar-refractivity contribution in [2.24, 2.45) is 17.3 Å². The molecule has 1 aromatic rings. The highest BCUT2D eigenvalue weighted by atomic mass is 16.2. The molecule has 2 heterocycles. The number of ketones is 1. The molecule has 1 aliphatic heterocycles. The molecule has 12 heteroatoms. The number of nitrogens with one attached hydrogen (secondary N) is 4. The second-order valence-corrected chi connectivity index (χ2v) is 14.9. The van der Waals surface area contributed by atoms with Gasteiger partial charge in [-0.3, -0.25) is 33.8 Å². The lowest BCUT2D eigenvalue weighted by Gasteiger charge is -2.40. The van der Waals surface area contributed by atoms with Crippen molar-refractivity contribution in [3.8, 4) is 0 Å². The summed E-state index contributed by atoms with van der Waals surface area (Å²) < 4.78 is 0. The Morgan fingerprint density at radius 2 is 1.60 bits per heavy atom. The fourth-order valence-electron chi connectivity index (χ4n) is 7.48. The summed E-state index contributed by atoms with van der Waals surface area (Å²) in [6, 6.07) is 2.23. The van der Waals surface area contributed by atoms with Crippen LogP contribution in [0.2, 0.25) is 0 Å². The van der Waals surface area contributed by atoms with E-state index in [1.165, 1.54) is 6.20 Å². The van der Waals surface area contributed by atoms with Gasteiger partial charge in [-0.05, 0) is 74.3 Å². The van der Waals surface area contributed by atoms with Crippen LogP contribution in [0, 0.1) is 17.3 Å². The van der Waals surface area contributed by atoms with Gasteiger partial charge >= 0.3 is 0 Å². The Kier molecular flexibility index (Phi) is 11.0. The normalized spacial score (nSPS) is 24.3. The SMILES string of the molecule is CC(C)(C)[C@H](NC(=O)C(NC(=O)c1ccccn1)C1CCCCC1)C(=O)N1C2CCCCC2C[C@H]1C(=O)NCC(=O)C(=O)NC1CC1. The highest BCUT2D eigenvalue weighted by Crippen LogP contribution is 2.41. The summed E-state index contributed by atoms with van der Waals surface area (Å²) in [5.74, 6) is -3.09. The number of hydrogen-bond donors (Lipinski definition) is 4. The van der Waals surface area contributed by atoms with Crippen LogP contribution in [-0.2, 0) is 24.0 Å². The zero-order valence-electron chi connectivity index (χ0n) is 27.9. The Labute approximate surface area is 277 Å². The first-order valence-corrected chi connectivity index (χ1v) is 17.4. The number of pyridine rings is 1. The Balaban J connectivity index is 1.34. The molecule has 3 aliphatic carbocycles. The van der Waals surface area contributed by atoms with Gasteiger partial charge in [-0.2, -0.15) is 0 Å². The van der Waals surface area contributed by atoms with Crippen LogP contribution < -0.4 is 21.3 Å². The van der Waals surface area contributed by atoms with Gasteiger partial charge in [0.1, 0.15) is 23.8 Å². The van der Waals surface area contributed by atoms with Gasteiger partial charge in [0.05, 0.1) is 6.54 Å². The molecule has 5 atom stereocenters. The minimum Gasteiger partial charge on any atom is -0.347 e. The number of nitrogens with zero attached hydrogens (tertiary/aromatic N) is 2. The summed E-state index contributed by atoms with van der Waals surface area (Å²) >= 11 is 0. The van der Waals surface area contributed by atoms with Crippen molar-refractivity contribution in [2.45, 2.75) is 128 Å². The molecule has 0 radical (unpaired) electrons. The molecular formula is C35H50N6O6. The Hall–Kier alpha value is -3.83. The molecule has 4 aliphatic rings. The molecule has 4 N–H and O–H groups in total. The van der Waals surface area contributed by atoms with E-state index in [-0.39, 0.29) is 35.5 Å². The first-order chi connectivity index (χ1) is 22.4. The maximum absolute atomic E-state index is 14.6. The molecule has 12 nitrogen and oxygen atoms in total. The van der Waals surface area contributed by atoms with E-state index in [0.717, 1.165) is 70.6 Å². The summed E-state index contributed by atoms with van der Waals surface area (Å²) in [6.45, 7) is 5.18. The standard InChI is InChI=1S/C35H50N6O6/c1-35(2,3)29(40-33(46)28(21-11-5-4-6-12-21)39-30(43)24-14-9-10-18-36-24)34(47)41-25-15-8-7-13-22(25)19-26(41)31(44)37-20-27(42)32(45)38-23-16-17-23/h9-10,14,18,21-23,25-26,28-29H,4-8,11-13,15-17,19-20H2,1-3H3,(H,37,44)(H,38,45)(H,39,43)(H,40,46)/t22?,25?,26-,28?,29+/m0/s1. The topological polar surface area (TPSA) is 167 Å². The van der Waals surface area contributed by atoms with E-state index < -0.39 is 59.5 Å². The predicted molar refractivity (Wildman–Crippen MR) is 174 cm³/mol. The highest BCUT2D eigenvalue weighted by Gasteiger charge is 2.51. The molecule has 5 amide bonds. The number of carbonyl (C=O) groups is 6. The summed E-state index contributed by atoms with van der Waals surface area (Å²) in [5.41, 5.74) is -0.512. The summed E-state index contributed by atoms with van der Waals surface area (Å²) in [4.78, 5) is 85.9. The van der Waals surface area contributed by atoms with E-state index in [0.29, 0.717) is 6.42 Å². The Morgan fingerprint density at radius 3 is 2.26 bits per heavy atom. The number of amides is 5. The van der Waals surface area contributed by atoms with E-state index in [4.69, 9.17) is 0 Å². The predicted octanol–water partition coefficient (Wildman–Crippen LogP) is 2.41. The molecule has 47 heavy (non-hydrogen) atoms. The van der Waals surface area contributed by atoms with Crippen LogP contribution in [0.1, 0.15) is 108 Å². The van der Waals surface area contributed by atoms with Crippen LogP contribution >= 0.6 is 0 Å². The first-order valence-electron chi connectivity index (χ1n) is 17.4. The van der Waals surface area contributed by atoms with Crippen LogP contribution in [0.25, 0.3) is 0 Å². The Bertz CT molecular complexity index is 1340. The van der Waals surface area contributed by atoms with Crippen molar-refractivity contribution in [1.29, 1.82) is 0 Å². The number of likely N-dealkylation sites (tertiary alicyclic amines) is 1. The average molecular weight is 651 g/mol. The van der Waals surface area contributed by atoms with Crippen molar-refractivity contribution in [3.63, 3.8) is 0 Å². The number of Topliss-reactive ketones (excluding diaryl/α,β-unsaturated/α-hetero) is 1. The maximum atomic E-state index is 14.6. The number of carbonyl (C=O) groups excluding carboxylic acids is 6. The lowest BCUT2D eigenvalue weighted by atomic mass is 9.81. The number of aromatic nitrogens is 1. The third kappa shape index (κ3) is 8.56. The zero-order chi connectivity index (χ0) is 33.7. The van der Waals surface area contributed by atoms with Crippen LogP contribution in [0.5, 0.6) is 0 Å². The van der Waals surface area contributed by atoms with Gasteiger partial charge in [-0.15, -0.1) is 0 Å². The molecule has 3 unspecified atom stereocenters. The van der Waals surface area contributed by atoms with Crippen LogP contribution in [0.3, 0.4) is 0 Å². The molecule has 0 aromatic carbocycles. The zero-order valence-corrected chi connectivity index (χ0v) is 27.9. The molecule has 3 saturated carbocycles. The van der Waals surface area contributed by atoms with Crippen molar-refractivity contribution >= 4 is 35.3 Å². The van der Waals surface area contributed by atoms with Gasteiger partial charge in [0.15, 0.2) is 0 Å². The molecule has 256 valence electrons. The summed E-state index contributed by atoms with van der Waals surface area (Å²) in [7, 11) is 0. The molecule has 4 fully saturated rings. The van der Waals surface area contributed by atoms with Crippen LogP contribution in [-0.4, -0.2) is 82.0 Å². The van der Waals surface area contributed by atoms with Gasteiger partial charge in [0, 0.05) is 18.3 Å². The van der Waals surface area contributed by atoms with E-state index >= 15 is 0 Å². The maximum Gasteiger partial charge on any atom is 0.289 e. The van der Waals surface area contributed by atoms with Crippen molar-refractivity contribution < 1.29 is 28.8 Å². The van der Waals surface area contributed by atoms with E-state index in [9.17, 15) is 28.8 Å². The lowest BCUT2D eigenvalue weighted by Crippen LogP contribution is -2.62. The average Bonchev–Trinajstić information content (AvgIpc) is 3.80. The minimum absolute atomic E-state index is 0.0267. The van der Waals surface area contributed by atoms with Gasteiger partial charge in [-0.1, -0.05) is 58.9 Å². The smallest absolute Gasteiger partial charge is 0.289 e. The van der Waals surface area contributed by atoms with E-state index in [2.05, 4.69) is 26.3 Å². The largest absolute Gasteiger partial charge is 0.347 e. The van der Waals surface area contributed by atoms with E-state index in [1.807, 2.05) is 20.8 Å². The fourth-order valence-corrected chi connectivity index (χ4v) is 7.48. The lowest BCUT2D eigenvalue weighted by molar-refractivity contribution is -0.147. The van der Waals surface area contributed by atoms with Gasteiger partial charge in [0.25, 0.3) is 11.8 Å². The van der Waals surface area contributed by atoms with Crippen LogP contribution in [0.15, 0.2) is 24.4 Å². The monoisotopic (exact) mass is 650 g/mol.